The fourth-order valence-electron chi connectivity index (χ4n) is 3.48. The van der Waals surface area contributed by atoms with Gasteiger partial charge in [-0.2, -0.15) is 0 Å². The van der Waals surface area contributed by atoms with Crippen LogP contribution in [0.2, 0.25) is 0 Å². The minimum atomic E-state index is -0.425. The van der Waals surface area contributed by atoms with Crippen LogP contribution in [0.3, 0.4) is 0 Å². The molecule has 0 atom stereocenters. The van der Waals surface area contributed by atoms with Crippen LogP contribution in [-0.2, 0) is 9.59 Å². The second kappa shape index (κ2) is 9.34. The molecule has 166 valence electrons. The highest BCUT2D eigenvalue weighted by Crippen LogP contribution is 2.29. The molecule has 4 aromatic carbocycles. The monoisotopic (exact) mass is 448 g/mol. The van der Waals surface area contributed by atoms with Crippen molar-refractivity contribution in [2.45, 2.75) is 0 Å². The third-order valence-corrected chi connectivity index (χ3v) is 5.11. The van der Waals surface area contributed by atoms with Crippen LogP contribution < -0.4 is 19.7 Å². The van der Waals surface area contributed by atoms with E-state index in [0.717, 1.165) is 10.6 Å². The fourth-order valence-corrected chi connectivity index (χ4v) is 3.48. The van der Waals surface area contributed by atoms with Crippen LogP contribution in [0.25, 0.3) is 0 Å². The van der Waals surface area contributed by atoms with Gasteiger partial charge in [-0.1, -0.05) is 36.4 Å². The average Bonchev–Trinajstić information content (AvgIpc) is 3.15. The van der Waals surface area contributed by atoms with E-state index in [1.807, 2.05) is 60.7 Å². The lowest BCUT2D eigenvalue weighted by atomic mass is 10.2. The van der Waals surface area contributed by atoms with Gasteiger partial charge >= 0.3 is 0 Å². The Bertz CT molecular complexity index is 1330. The first-order chi connectivity index (χ1) is 16.7. The topological polar surface area (TPSA) is 67.9 Å². The Kier molecular flexibility index (Phi) is 5.78. The molecule has 0 unspecified atom stereocenters. The molecule has 0 fully saturated rings. The molecule has 0 saturated carbocycles. The van der Waals surface area contributed by atoms with E-state index in [0.29, 0.717) is 28.6 Å². The minimum absolute atomic E-state index is 0.200. The predicted molar refractivity (Wildman–Crippen MR) is 130 cm³/mol. The van der Waals surface area contributed by atoms with Crippen LogP contribution in [-0.4, -0.2) is 11.8 Å². The largest absolute Gasteiger partial charge is 0.457 e. The van der Waals surface area contributed by atoms with Crippen LogP contribution in [0.5, 0.6) is 23.0 Å². The molecular formula is C28H20N2O4. The maximum absolute atomic E-state index is 12.9. The molecule has 6 heteroatoms. The van der Waals surface area contributed by atoms with Gasteiger partial charge in [-0.05, 0) is 72.8 Å². The summed E-state index contributed by atoms with van der Waals surface area (Å²) in [5.41, 5.74) is 1.34. The lowest BCUT2D eigenvalue weighted by Gasteiger charge is -2.16. The van der Waals surface area contributed by atoms with Gasteiger partial charge < -0.3 is 14.8 Å². The van der Waals surface area contributed by atoms with Crippen LogP contribution in [0, 0.1) is 0 Å². The molecule has 0 bridgehead atoms. The average molecular weight is 448 g/mol. The van der Waals surface area contributed by atoms with E-state index in [-0.39, 0.29) is 5.70 Å². The van der Waals surface area contributed by atoms with Crippen molar-refractivity contribution in [3.63, 3.8) is 0 Å². The van der Waals surface area contributed by atoms with Crippen molar-refractivity contribution >= 4 is 23.2 Å². The molecule has 1 aliphatic rings. The molecule has 0 aromatic heterocycles. The number of hydrogen-bond acceptors (Lipinski definition) is 5. The molecule has 1 aliphatic heterocycles. The van der Waals surface area contributed by atoms with E-state index >= 15 is 0 Å². The molecule has 6 nitrogen and oxygen atoms in total. The number of hydrogen-bond donors (Lipinski definition) is 1. The van der Waals surface area contributed by atoms with E-state index < -0.39 is 11.8 Å². The zero-order valence-corrected chi connectivity index (χ0v) is 18.0. The van der Waals surface area contributed by atoms with Gasteiger partial charge in [0, 0.05) is 11.8 Å². The van der Waals surface area contributed by atoms with E-state index in [4.69, 9.17) is 9.47 Å². The molecule has 0 spiro atoms. The number of rotatable bonds is 7. The summed E-state index contributed by atoms with van der Waals surface area (Å²) in [6.07, 6.45) is 1.30. The second-order valence-corrected chi connectivity index (χ2v) is 7.51. The van der Waals surface area contributed by atoms with E-state index in [1.165, 1.54) is 6.08 Å². The summed E-state index contributed by atoms with van der Waals surface area (Å²) < 4.78 is 11.6. The van der Waals surface area contributed by atoms with Crippen LogP contribution in [0.1, 0.15) is 0 Å². The molecule has 2 amide bonds. The Morgan fingerprint density at radius 3 is 1.56 bits per heavy atom. The van der Waals surface area contributed by atoms with E-state index in [2.05, 4.69) is 5.32 Å². The number of benzene rings is 4. The van der Waals surface area contributed by atoms with Crippen LogP contribution in [0.15, 0.2) is 121 Å². The number of imide groups is 1. The Balaban J connectivity index is 1.24. The Labute approximate surface area is 196 Å². The number of amides is 2. The summed E-state index contributed by atoms with van der Waals surface area (Å²) in [6, 6.07) is 32.8. The maximum Gasteiger partial charge on any atom is 0.281 e. The molecule has 0 radical (unpaired) electrons. The van der Waals surface area contributed by atoms with Crippen molar-refractivity contribution in [3.8, 4) is 23.0 Å². The van der Waals surface area contributed by atoms with Gasteiger partial charge in [0.25, 0.3) is 11.8 Å². The molecule has 1 heterocycles. The number of carbonyl (C=O) groups is 2. The summed E-state index contributed by atoms with van der Waals surface area (Å²) >= 11 is 0. The molecule has 0 saturated heterocycles. The van der Waals surface area contributed by atoms with Gasteiger partial charge in [0.2, 0.25) is 0 Å². The highest BCUT2D eigenvalue weighted by atomic mass is 16.5. The summed E-state index contributed by atoms with van der Waals surface area (Å²) in [5.74, 6) is 1.88. The lowest BCUT2D eigenvalue weighted by molar-refractivity contribution is -0.120. The number of para-hydroxylation sites is 2. The first-order valence-corrected chi connectivity index (χ1v) is 10.7. The standard InChI is InChI=1S/C28H20N2O4/c31-27-19-26(29-20-11-15-24(16-12-20)33-22-7-3-1-4-8-22)28(32)30(27)21-13-17-25(18-14-21)34-23-9-5-2-6-10-23/h1-19,29H. The molecular weight excluding hydrogens is 428 g/mol. The third-order valence-electron chi connectivity index (χ3n) is 5.11. The van der Waals surface area contributed by atoms with Gasteiger partial charge in [-0.25, -0.2) is 4.90 Å². The van der Waals surface area contributed by atoms with Crippen LogP contribution >= 0.6 is 0 Å². The number of nitrogens with one attached hydrogen (secondary N) is 1. The number of carbonyl (C=O) groups excluding carboxylic acids is 2. The molecule has 34 heavy (non-hydrogen) atoms. The van der Waals surface area contributed by atoms with Crippen molar-refractivity contribution in [3.05, 3.63) is 121 Å². The Hall–Kier alpha value is -4.84. The smallest absolute Gasteiger partial charge is 0.281 e. The van der Waals surface area contributed by atoms with Gasteiger partial charge in [-0.3, -0.25) is 9.59 Å². The summed E-state index contributed by atoms with van der Waals surface area (Å²) in [4.78, 5) is 26.6. The fraction of sp³-hybridized carbons (Fsp3) is 0. The lowest BCUT2D eigenvalue weighted by Crippen LogP contribution is -2.31. The minimum Gasteiger partial charge on any atom is -0.457 e. The Morgan fingerprint density at radius 2 is 1.03 bits per heavy atom. The SMILES string of the molecule is O=C1C=C(Nc2ccc(Oc3ccccc3)cc2)C(=O)N1c1ccc(Oc2ccccc2)cc1. The summed E-state index contributed by atoms with van der Waals surface area (Å²) in [5, 5.41) is 3.02. The molecule has 5 rings (SSSR count). The van der Waals surface area contributed by atoms with Crippen LogP contribution in [0.4, 0.5) is 11.4 Å². The van der Waals surface area contributed by atoms with Crippen molar-refractivity contribution in [2.24, 2.45) is 0 Å². The Morgan fingerprint density at radius 1 is 0.559 bits per heavy atom. The quantitative estimate of drug-likeness (QED) is 0.344. The van der Waals surface area contributed by atoms with Crippen molar-refractivity contribution in [2.75, 3.05) is 10.2 Å². The van der Waals surface area contributed by atoms with E-state index in [9.17, 15) is 9.59 Å². The van der Waals surface area contributed by atoms with Gasteiger partial charge in [-0.15, -0.1) is 0 Å². The van der Waals surface area contributed by atoms with Crippen molar-refractivity contribution < 1.29 is 19.1 Å². The number of ether oxygens (including phenoxy) is 2. The normalized spacial score (nSPS) is 12.9. The molecule has 0 aliphatic carbocycles. The van der Waals surface area contributed by atoms with Crippen molar-refractivity contribution in [1.29, 1.82) is 0 Å². The zero-order valence-electron chi connectivity index (χ0n) is 18.0. The maximum atomic E-state index is 12.9. The van der Waals surface area contributed by atoms with Crippen molar-refractivity contribution in [1.82, 2.24) is 0 Å². The summed E-state index contributed by atoms with van der Waals surface area (Å²) in [6.45, 7) is 0. The highest BCUT2D eigenvalue weighted by Gasteiger charge is 2.32. The molecule has 1 N–H and O–H groups in total. The van der Waals surface area contributed by atoms with Gasteiger partial charge in [0.05, 0.1) is 5.69 Å². The second-order valence-electron chi connectivity index (χ2n) is 7.51. The number of nitrogens with zero attached hydrogens (tertiary/aromatic N) is 1. The zero-order chi connectivity index (χ0) is 23.3. The predicted octanol–water partition coefficient (Wildman–Crippen LogP) is 6.14. The first kappa shape index (κ1) is 21.0. The first-order valence-electron chi connectivity index (χ1n) is 10.7. The molecule has 4 aromatic rings. The highest BCUT2D eigenvalue weighted by molar-refractivity contribution is 6.31. The van der Waals surface area contributed by atoms with E-state index in [1.54, 1.807) is 48.5 Å². The number of anilines is 2. The third kappa shape index (κ3) is 4.66. The van der Waals surface area contributed by atoms with Gasteiger partial charge in [0.15, 0.2) is 0 Å². The summed E-state index contributed by atoms with van der Waals surface area (Å²) in [7, 11) is 0. The van der Waals surface area contributed by atoms with Gasteiger partial charge in [0.1, 0.15) is 28.7 Å².